The van der Waals surface area contributed by atoms with E-state index >= 15 is 0 Å². The maximum Gasteiger partial charge on any atom is 0.255 e. The van der Waals surface area contributed by atoms with E-state index in [-0.39, 0.29) is 5.56 Å². The monoisotopic (exact) mass is 293 g/mol. The Morgan fingerprint density at radius 1 is 1.35 bits per heavy atom. The topological polar surface area (TPSA) is 86.5 Å². The fourth-order valence-corrected chi connectivity index (χ4v) is 2.55. The Bertz CT molecular complexity index is 634. The van der Waals surface area contributed by atoms with E-state index in [0.717, 1.165) is 35.1 Å². The molecule has 2 rings (SSSR count). The molecule has 6 nitrogen and oxygen atoms in total. The zero-order valence-corrected chi connectivity index (χ0v) is 12.7. The number of aromatic amines is 2. The lowest BCUT2D eigenvalue weighted by Gasteiger charge is -2.07. The fourth-order valence-electron chi connectivity index (χ4n) is 1.67. The van der Waals surface area contributed by atoms with Gasteiger partial charge in [0.1, 0.15) is 0 Å². The summed E-state index contributed by atoms with van der Waals surface area (Å²) in [5.41, 5.74) is 3.55. The van der Waals surface area contributed by atoms with Crippen molar-refractivity contribution in [3.63, 3.8) is 0 Å². The van der Waals surface area contributed by atoms with Crippen molar-refractivity contribution < 1.29 is 0 Å². The van der Waals surface area contributed by atoms with Gasteiger partial charge < -0.3 is 10.3 Å². The average molecular weight is 293 g/mol. The molecule has 108 valence electrons. The predicted molar refractivity (Wildman–Crippen MR) is 82.3 cm³/mol. The van der Waals surface area contributed by atoms with Crippen LogP contribution in [0.1, 0.15) is 22.6 Å². The molecule has 2 aromatic heterocycles. The summed E-state index contributed by atoms with van der Waals surface area (Å²) in [6.07, 6.45) is 1.72. The van der Waals surface area contributed by atoms with Crippen molar-refractivity contribution >= 4 is 17.7 Å². The van der Waals surface area contributed by atoms with Crippen molar-refractivity contribution in [3.05, 3.63) is 39.3 Å². The highest BCUT2D eigenvalue weighted by atomic mass is 32.2. The number of rotatable bonds is 6. The highest BCUT2D eigenvalue weighted by Gasteiger charge is 2.03. The molecule has 0 saturated carbocycles. The van der Waals surface area contributed by atoms with Crippen LogP contribution in [-0.4, -0.2) is 32.2 Å². The van der Waals surface area contributed by atoms with E-state index in [1.54, 1.807) is 25.0 Å². The van der Waals surface area contributed by atoms with E-state index in [0.29, 0.717) is 11.5 Å². The first-order chi connectivity index (χ1) is 9.58. The largest absolute Gasteiger partial charge is 0.355 e. The van der Waals surface area contributed by atoms with Crippen molar-refractivity contribution in [3.8, 4) is 0 Å². The minimum absolute atomic E-state index is 0.0835. The van der Waals surface area contributed by atoms with E-state index in [9.17, 15) is 4.79 Å². The Morgan fingerprint density at radius 3 is 2.80 bits per heavy atom. The molecule has 0 aromatic carbocycles. The first kappa shape index (κ1) is 14.6. The first-order valence-electron chi connectivity index (χ1n) is 6.46. The van der Waals surface area contributed by atoms with E-state index < -0.39 is 0 Å². The van der Waals surface area contributed by atoms with E-state index in [2.05, 4.69) is 25.3 Å². The molecule has 7 heteroatoms. The van der Waals surface area contributed by atoms with Gasteiger partial charge in [0, 0.05) is 35.0 Å². The lowest BCUT2D eigenvalue weighted by atomic mass is 10.3. The van der Waals surface area contributed by atoms with Crippen molar-refractivity contribution in [1.82, 2.24) is 19.9 Å². The highest BCUT2D eigenvalue weighted by molar-refractivity contribution is 7.98. The van der Waals surface area contributed by atoms with Gasteiger partial charge in [0.05, 0.1) is 12.0 Å². The van der Waals surface area contributed by atoms with Crippen LogP contribution in [0.3, 0.4) is 0 Å². The van der Waals surface area contributed by atoms with Gasteiger partial charge in [-0.05, 0) is 20.8 Å². The second kappa shape index (κ2) is 6.60. The fraction of sp³-hybridized carbons (Fsp3) is 0.462. The summed E-state index contributed by atoms with van der Waals surface area (Å²) < 4.78 is 0. The summed E-state index contributed by atoms with van der Waals surface area (Å²) in [6.45, 7) is 6.38. The summed E-state index contributed by atoms with van der Waals surface area (Å²) in [4.78, 5) is 25.9. The number of H-pyrrole nitrogens is 2. The molecule has 20 heavy (non-hydrogen) atoms. The number of aryl methyl sites for hydroxylation is 2. The maximum atomic E-state index is 11.6. The molecule has 0 bridgehead atoms. The van der Waals surface area contributed by atoms with Crippen molar-refractivity contribution in [2.75, 3.05) is 17.6 Å². The van der Waals surface area contributed by atoms with Crippen LogP contribution in [0.5, 0.6) is 0 Å². The summed E-state index contributed by atoms with van der Waals surface area (Å²) >= 11 is 1.79. The first-order valence-corrected chi connectivity index (χ1v) is 7.61. The van der Waals surface area contributed by atoms with Gasteiger partial charge in [0.15, 0.2) is 0 Å². The zero-order valence-electron chi connectivity index (χ0n) is 11.9. The van der Waals surface area contributed by atoms with Gasteiger partial charge in [-0.25, -0.2) is 9.97 Å². The Morgan fingerprint density at radius 2 is 2.15 bits per heavy atom. The zero-order chi connectivity index (χ0) is 14.5. The van der Waals surface area contributed by atoms with Gasteiger partial charge in [-0.3, -0.25) is 9.78 Å². The third-order valence-corrected chi connectivity index (χ3v) is 4.08. The highest BCUT2D eigenvalue weighted by Crippen LogP contribution is 2.12. The van der Waals surface area contributed by atoms with E-state index in [4.69, 9.17) is 0 Å². The number of nitrogens with one attached hydrogen (secondary N) is 3. The molecule has 0 spiro atoms. The molecule has 0 saturated heterocycles. The Kier molecular flexibility index (Phi) is 4.84. The third-order valence-electron chi connectivity index (χ3n) is 3.11. The molecule has 0 aliphatic heterocycles. The number of imidazole rings is 1. The molecule has 0 aliphatic rings. The number of thioether (sulfide) groups is 1. The molecule has 0 aliphatic carbocycles. The summed E-state index contributed by atoms with van der Waals surface area (Å²) in [5, 5.41) is 3.13. The lowest BCUT2D eigenvalue weighted by Crippen LogP contribution is -2.18. The molecule has 0 atom stereocenters. The summed E-state index contributed by atoms with van der Waals surface area (Å²) in [5.74, 6) is 2.34. The molecule has 0 amide bonds. The van der Waals surface area contributed by atoms with Gasteiger partial charge >= 0.3 is 0 Å². The van der Waals surface area contributed by atoms with Crippen LogP contribution in [0, 0.1) is 20.8 Å². The van der Waals surface area contributed by atoms with Crippen LogP contribution in [0.2, 0.25) is 0 Å². The Balaban J connectivity index is 1.76. The standard InChI is InChI=1S/C13H19N5OS/c1-8-9(2)17-13(18-12(8)19)14-4-5-20-6-11-10(3)15-7-16-11/h7H,4-6H2,1-3H3,(H,15,16)(H2,14,17,18,19). The van der Waals surface area contributed by atoms with Crippen LogP contribution in [0.15, 0.2) is 11.1 Å². The summed E-state index contributed by atoms with van der Waals surface area (Å²) in [7, 11) is 0. The minimum Gasteiger partial charge on any atom is -0.355 e. The van der Waals surface area contributed by atoms with Crippen LogP contribution >= 0.6 is 11.8 Å². The van der Waals surface area contributed by atoms with Gasteiger partial charge in [0.25, 0.3) is 5.56 Å². The second-order valence-electron chi connectivity index (χ2n) is 4.58. The average Bonchev–Trinajstić information content (AvgIpc) is 2.81. The van der Waals surface area contributed by atoms with Crippen LogP contribution in [-0.2, 0) is 5.75 Å². The minimum atomic E-state index is -0.0835. The third kappa shape index (κ3) is 3.63. The van der Waals surface area contributed by atoms with Crippen molar-refractivity contribution in [2.24, 2.45) is 0 Å². The molecule has 0 radical (unpaired) electrons. The van der Waals surface area contributed by atoms with Crippen LogP contribution in [0.4, 0.5) is 5.95 Å². The number of anilines is 1. The molecule has 0 fully saturated rings. The van der Waals surface area contributed by atoms with Crippen LogP contribution in [0.25, 0.3) is 0 Å². The van der Waals surface area contributed by atoms with Gasteiger partial charge in [-0.1, -0.05) is 0 Å². The van der Waals surface area contributed by atoms with E-state index in [1.165, 1.54) is 0 Å². The summed E-state index contributed by atoms with van der Waals surface area (Å²) in [6, 6.07) is 0. The molecular formula is C13H19N5OS. The van der Waals surface area contributed by atoms with E-state index in [1.807, 2.05) is 13.8 Å². The maximum absolute atomic E-state index is 11.6. The van der Waals surface area contributed by atoms with Crippen molar-refractivity contribution in [1.29, 1.82) is 0 Å². The SMILES string of the molecule is Cc1nc(NCCSCc2nc[nH]c2C)[nH]c(=O)c1C. The van der Waals surface area contributed by atoms with Crippen molar-refractivity contribution in [2.45, 2.75) is 26.5 Å². The Hall–Kier alpha value is -1.76. The predicted octanol–water partition coefficient (Wildman–Crippen LogP) is 1.76. The smallest absolute Gasteiger partial charge is 0.255 e. The normalized spacial score (nSPS) is 10.8. The van der Waals surface area contributed by atoms with Gasteiger partial charge in [0.2, 0.25) is 5.95 Å². The molecule has 3 N–H and O–H groups in total. The number of hydrogen-bond donors (Lipinski definition) is 3. The van der Waals surface area contributed by atoms with Crippen LogP contribution < -0.4 is 10.9 Å². The molecule has 0 unspecified atom stereocenters. The number of nitrogens with zero attached hydrogens (tertiary/aromatic N) is 2. The second-order valence-corrected chi connectivity index (χ2v) is 5.68. The molecule has 2 heterocycles. The van der Waals surface area contributed by atoms with Gasteiger partial charge in [-0.2, -0.15) is 11.8 Å². The number of hydrogen-bond acceptors (Lipinski definition) is 5. The molecular weight excluding hydrogens is 274 g/mol. The Labute approximate surface area is 121 Å². The number of aromatic nitrogens is 4. The lowest BCUT2D eigenvalue weighted by molar-refractivity contribution is 1.000. The quantitative estimate of drug-likeness (QED) is 0.707. The van der Waals surface area contributed by atoms with Gasteiger partial charge in [-0.15, -0.1) is 0 Å². The molecule has 2 aromatic rings.